The molecule has 0 N–H and O–H groups in total. The number of ether oxygens (including phenoxy) is 1. The van der Waals surface area contributed by atoms with Crippen molar-refractivity contribution in [2.75, 3.05) is 9.80 Å². The van der Waals surface area contributed by atoms with Gasteiger partial charge in [0.25, 0.3) is 0 Å². The summed E-state index contributed by atoms with van der Waals surface area (Å²) < 4.78 is 159. The summed E-state index contributed by atoms with van der Waals surface area (Å²) in [5.41, 5.74) is 5.72. The number of fused-ring (bicyclic) bond motifs is 5. The summed E-state index contributed by atoms with van der Waals surface area (Å²) in [7, 11) is 0. The van der Waals surface area contributed by atoms with Gasteiger partial charge in [-0.2, -0.15) is 12.1 Å². The van der Waals surface area contributed by atoms with E-state index in [0.717, 1.165) is 29.5 Å². The van der Waals surface area contributed by atoms with Crippen LogP contribution in [0.5, 0.6) is 11.5 Å². The van der Waals surface area contributed by atoms with Crippen molar-refractivity contribution in [1.82, 2.24) is 9.55 Å². The molecule has 11 aromatic rings. The minimum Gasteiger partial charge on any atom is -0.509 e. The Morgan fingerprint density at radius 2 is 1.08 bits per heavy atom. The minimum absolute atomic E-state index is 0. The Morgan fingerprint density at radius 1 is 0.500 bits per heavy atom. The van der Waals surface area contributed by atoms with Crippen LogP contribution in [-0.4, -0.2) is 9.55 Å². The van der Waals surface area contributed by atoms with E-state index in [1.165, 1.54) is 6.20 Å². The number of anilines is 4. The zero-order valence-corrected chi connectivity index (χ0v) is 56.5. The van der Waals surface area contributed by atoms with Crippen LogP contribution in [0.2, 0.25) is 0 Å². The van der Waals surface area contributed by atoms with Gasteiger partial charge < -0.3 is 19.1 Å². The first kappa shape index (κ1) is 45.3. The molecule has 13 rings (SSSR count). The predicted octanol–water partition coefficient (Wildman–Crippen LogP) is 23.2. The molecule has 1 aliphatic heterocycles. The molecule has 0 bridgehead atoms. The molecule has 3 heterocycles. The van der Waals surface area contributed by atoms with Gasteiger partial charge in [0, 0.05) is 78.0 Å². The van der Waals surface area contributed by atoms with Crippen LogP contribution in [-0.2, 0) is 53.6 Å². The van der Waals surface area contributed by atoms with E-state index in [2.05, 4.69) is 87.4 Å². The Bertz CT molecular complexity index is 5480. The summed E-state index contributed by atoms with van der Waals surface area (Å²) in [4.78, 5) is 8.67. The van der Waals surface area contributed by atoms with E-state index in [4.69, 9.17) is 19.3 Å². The molecule has 2 aromatic heterocycles. The van der Waals surface area contributed by atoms with Crippen LogP contribution in [0.25, 0.3) is 72.1 Å². The molecular weight excluding hydrogens is 1280 g/mol. The van der Waals surface area contributed by atoms with Crippen molar-refractivity contribution in [3.63, 3.8) is 0 Å². The summed E-state index contributed by atoms with van der Waals surface area (Å²) in [5.74, 6) is 0.574. The number of nitrogens with zero attached hydrogens (tertiary/aromatic N) is 4. The first-order valence-corrected chi connectivity index (χ1v) is 30.7. The quantitative estimate of drug-likeness (QED) is 0.135. The first-order chi connectivity index (χ1) is 48.8. The van der Waals surface area contributed by atoms with Gasteiger partial charge >= 0.3 is 0 Å². The van der Waals surface area contributed by atoms with Gasteiger partial charge in [0.15, 0.2) is 0 Å². The van der Waals surface area contributed by atoms with E-state index in [0.29, 0.717) is 61.5 Å². The fraction of sp³-hybridized carbons (Fsp3) is 0.286. The fourth-order valence-corrected chi connectivity index (χ4v) is 12.5. The molecule has 5 nitrogen and oxygen atoms in total. The van der Waals surface area contributed by atoms with Crippen molar-refractivity contribution < 1.29 is 47.7 Å². The maximum atomic E-state index is 10.5. The standard InChI is InChI=1S/C84H85N4O.Pt/c1-79(2,3)58-38-40-63(70(48-58)81(7,8)9)55-33-35-56(36-34-55)66-46-59(80(4,5)6)47-67(57-37-42-69-72(45-57)84(15,16)44-43-83(69,13)14)78(66)87-53-86(74-31-22-23-32-75(74)87)60-27-24-28-61(49-60)89-62-39-41-65-64-29-20-21-30-73(64)88(76(65)50-62)77-51-71(82(10,11)12)68(52-85-77)54-25-18-17-19-26-54;/h17-42,45-48,51-53H,43-44H2,1-16H3;/q-3;/i17D,18D,19D,20D,21D,25D,26D,29D,30D,33D,34D,35D,36D,37D,42D,45D;. The minimum atomic E-state index is -0.739. The number of rotatable bonds is 9. The molecule has 0 saturated heterocycles. The molecule has 0 atom stereocenters. The van der Waals surface area contributed by atoms with Gasteiger partial charge in [0.2, 0.25) is 0 Å². The zero-order chi connectivity index (χ0) is 76.7. The van der Waals surface area contributed by atoms with Crippen LogP contribution < -0.4 is 14.5 Å². The molecule has 0 radical (unpaired) electrons. The fourth-order valence-electron chi connectivity index (χ4n) is 12.5. The Morgan fingerprint density at radius 3 is 1.74 bits per heavy atom. The number of pyridine rings is 1. The Kier molecular flexibility index (Phi) is 11.4. The SMILES string of the molecule is [2H]c1c([2H])c([2H])c(-c2cnc(-n3c4[c-]c(Oc5[c-]c(N6[CH-]N(c7c(-c8c([2H])c([2H])c(-c9ccc(C(C)(C)C)cc9C(C)(C)C)c([2H])c8[2H])cc(C(C)(C)C)cc7-c7c([2H])c([2H])c8c(c7[2H])C(C)(C)CCC8(C)C)c7ccccc76)ccc5)ccc4c4c([2H])c([2H])c([2H])c([2H])c43)cc2C(C)(C)C)c([2H])c1[2H].[Pt]. The van der Waals surface area contributed by atoms with E-state index in [9.17, 15) is 12.3 Å². The number of hydrogen-bond acceptors (Lipinski definition) is 4. The molecule has 0 spiro atoms. The van der Waals surface area contributed by atoms with Gasteiger partial charge in [-0.25, -0.2) is 4.98 Å². The molecule has 460 valence electrons. The average molecular weight is 1380 g/mol. The first-order valence-electron chi connectivity index (χ1n) is 38.7. The van der Waals surface area contributed by atoms with Crippen molar-refractivity contribution in [3.8, 4) is 61.8 Å². The van der Waals surface area contributed by atoms with E-state index in [-0.39, 0.29) is 142 Å². The average Bonchev–Trinajstić information content (AvgIpc) is 1.20. The van der Waals surface area contributed by atoms with E-state index in [1.807, 2.05) is 113 Å². The van der Waals surface area contributed by atoms with Crippen molar-refractivity contribution in [2.45, 2.75) is 156 Å². The second kappa shape index (κ2) is 22.7. The van der Waals surface area contributed by atoms with Crippen LogP contribution in [0.15, 0.2) is 194 Å². The van der Waals surface area contributed by atoms with Gasteiger partial charge in [0.1, 0.15) is 5.82 Å². The van der Waals surface area contributed by atoms with E-state index < -0.39 is 69.4 Å². The molecule has 0 unspecified atom stereocenters. The van der Waals surface area contributed by atoms with E-state index in [1.54, 1.807) is 34.9 Å². The van der Waals surface area contributed by atoms with Crippen molar-refractivity contribution in [1.29, 1.82) is 0 Å². The van der Waals surface area contributed by atoms with Gasteiger partial charge in [-0.3, -0.25) is 0 Å². The normalized spacial score (nSPS) is 17.3. The molecular formula is C84H85N4OPt-3. The van der Waals surface area contributed by atoms with Gasteiger partial charge in [-0.1, -0.05) is 237 Å². The second-order valence-electron chi connectivity index (χ2n) is 29.3. The number of para-hydroxylation sites is 3. The number of benzene rings is 9. The summed E-state index contributed by atoms with van der Waals surface area (Å²) >= 11 is 0. The third-order valence-corrected chi connectivity index (χ3v) is 17.7. The Labute approximate surface area is 573 Å². The van der Waals surface area contributed by atoms with Crippen LogP contribution in [0.4, 0.5) is 22.7 Å². The van der Waals surface area contributed by atoms with Crippen molar-refractivity contribution >= 4 is 44.6 Å². The van der Waals surface area contributed by atoms with Crippen molar-refractivity contribution in [3.05, 3.63) is 246 Å². The van der Waals surface area contributed by atoms with Gasteiger partial charge in [-0.05, 0) is 148 Å². The zero-order valence-electron chi connectivity index (χ0n) is 70.2. The molecule has 0 amide bonds. The molecule has 6 heteroatoms. The maximum Gasteiger partial charge on any atom is 0.135 e. The van der Waals surface area contributed by atoms with Crippen LogP contribution in [0.1, 0.15) is 179 Å². The van der Waals surface area contributed by atoms with E-state index >= 15 is 0 Å². The van der Waals surface area contributed by atoms with Crippen LogP contribution in [0.3, 0.4) is 0 Å². The number of hydrogen-bond donors (Lipinski definition) is 0. The monoisotopic (exact) mass is 1380 g/mol. The second-order valence-corrected chi connectivity index (χ2v) is 29.3. The summed E-state index contributed by atoms with van der Waals surface area (Å²) in [5, 5.41) is 0.590. The van der Waals surface area contributed by atoms with Gasteiger partial charge in [0.05, 0.1) is 21.9 Å². The molecule has 90 heavy (non-hydrogen) atoms. The maximum absolute atomic E-state index is 10.5. The molecule has 2 aliphatic rings. The predicted molar refractivity (Wildman–Crippen MR) is 376 cm³/mol. The molecule has 0 saturated carbocycles. The Balaban J connectivity index is 0.0000105. The molecule has 0 fully saturated rings. The summed E-state index contributed by atoms with van der Waals surface area (Å²) in [6, 6.07) is 29.8. The van der Waals surface area contributed by atoms with Crippen LogP contribution >= 0.6 is 0 Å². The Hall–Kier alpha value is -7.98. The molecule has 1 aliphatic carbocycles. The summed E-state index contributed by atoms with van der Waals surface area (Å²) in [6.45, 7) is 34.7. The third-order valence-electron chi connectivity index (χ3n) is 17.7. The topological polar surface area (TPSA) is 33.5 Å². The third kappa shape index (κ3) is 11.4. The smallest absolute Gasteiger partial charge is 0.135 e. The van der Waals surface area contributed by atoms with Crippen LogP contribution in [0, 0.1) is 18.8 Å². The molecule has 9 aromatic carbocycles. The number of aromatic nitrogens is 2. The van der Waals surface area contributed by atoms with Gasteiger partial charge in [-0.15, -0.1) is 48.1 Å². The van der Waals surface area contributed by atoms with Crippen molar-refractivity contribution in [2.24, 2.45) is 0 Å². The summed E-state index contributed by atoms with van der Waals surface area (Å²) in [6.07, 6.45) is 2.90. The largest absolute Gasteiger partial charge is 0.509 e.